The summed E-state index contributed by atoms with van der Waals surface area (Å²) >= 11 is 0. The fourth-order valence-corrected chi connectivity index (χ4v) is 3.76. The number of nitrogens with zero attached hydrogens (tertiary/aromatic N) is 1. The first kappa shape index (κ1) is 21.5. The molecule has 0 aliphatic carbocycles. The molecule has 1 aromatic rings. The van der Waals surface area contributed by atoms with Crippen molar-refractivity contribution in [2.75, 3.05) is 50.7 Å². The maximum atomic E-state index is 12.9. The summed E-state index contributed by atoms with van der Waals surface area (Å²) in [5.41, 5.74) is 0.898. The van der Waals surface area contributed by atoms with Crippen molar-refractivity contribution in [2.24, 2.45) is 5.41 Å². The zero-order valence-corrected chi connectivity index (χ0v) is 16.7. The molecule has 2 fully saturated rings. The first-order chi connectivity index (χ1) is 12.6. The molecular formula is C19H28ClN3O4. The van der Waals surface area contributed by atoms with Gasteiger partial charge in [-0.05, 0) is 44.5 Å². The van der Waals surface area contributed by atoms with Gasteiger partial charge in [0.2, 0.25) is 11.8 Å². The van der Waals surface area contributed by atoms with E-state index >= 15 is 0 Å². The van der Waals surface area contributed by atoms with Crippen LogP contribution in [0.2, 0.25) is 0 Å². The van der Waals surface area contributed by atoms with Gasteiger partial charge in [0.25, 0.3) is 0 Å². The van der Waals surface area contributed by atoms with Crippen LogP contribution in [-0.4, -0.2) is 52.3 Å². The van der Waals surface area contributed by atoms with Gasteiger partial charge in [0.1, 0.15) is 5.75 Å². The van der Waals surface area contributed by atoms with Gasteiger partial charge in [0.05, 0.1) is 24.8 Å². The Kier molecular flexibility index (Phi) is 7.47. The lowest BCUT2D eigenvalue weighted by Crippen LogP contribution is -2.47. The van der Waals surface area contributed by atoms with E-state index in [-0.39, 0.29) is 24.2 Å². The topological polar surface area (TPSA) is 79.9 Å². The van der Waals surface area contributed by atoms with Crippen molar-refractivity contribution in [3.05, 3.63) is 18.2 Å². The number of methoxy groups -OCH3 is 2. The molecule has 0 spiro atoms. The second-order valence-electron chi connectivity index (χ2n) is 6.95. The van der Waals surface area contributed by atoms with E-state index in [4.69, 9.17) is 9.47 Å². The Balaban J connectivity index is 0.00000261. The highest BCUT2D eigenvalue weighted by molar-refractivity contribution is 5.99. The molecule has 1 aromatic carbocycles. The Labute approximate surface area is 166 Å². The maximum Gasteiger partial charge on any atom is 0.233 e. The lowest BCUT2D eigenvalue weighted by atomic mass is 9.78. The van der Waals surface area contributed by atoms with Crippen LogP contribution in [0, 0.1) is 5.41 Å². The first-order valence-corrected chi connectivity index (χ1v) is 9.09. The smallest absolute Gasteiger partial charge is 0.233 e. The van der Waals surface area contributed by atoms with E-state index < -0.39 is 5.41 Å². The molecule has 0 atom stereocenters. The highest BCUT2D eigenvalue weighted by Gasteiger charge is 2.39. The van der Waals surface area contributed by atoms with Crippen LogP contribution < -0.4 is 20.3 Å². The average Bonchev–Trinajstić information content (AvgIpc) is 3.08. The van der Waals surface area contributed by atoms with Gasteiger partial charge in [-0.25, -0.2) is 0 Å². The third-order valence-electron chi connectivity index (χ3n) is 5.26. The van der Waals surface area contributed by atoms with Crippen LogP contribution in [-0.2, 0) is 14.3 Å². The van der Waals surface area contributed by atoms with Crippen molar-refractivity contribution in [2.45, 2.75) is 25.7 Å². The van der Waals surface area contributed by atoms with Crippen molar-refractivity contribution in [3.63, 3.8) is 0 Å². The summed E-state index contributed by atoms with van der Waals surface area (Å²) in [6, 6.07) is 5.44. The number of anilines is 2. The second-order valence-corrected chi connectivity index (χ2v) is 6.95. The van der Waals surface area contributed by atoms with Gasteiger partial charge in [-0.15, -0.1) is 12.4 Å². The van der Waals surface area contributed by atoms with Crippen molar-refractivity contribution in [1.82, 2.24) is 5.32 Å². The quantitative estimate of drug-likeness (QED) is 0.769. The number of rotatable bonds is 6. The third kappa shape index (κ3) is 4.54. The molecule has 0 saturated carbocycles. The molecule has 27 heavy (non-hydrogen) atoms. The largest absolute Gasteiger partial charge is 0.494 e. The second kappa shape index (κ2) is 9.39. The number of ether oxygens (including phenoxy) is 2. The summed E-state index contributed by atoms with van der Waals surface area (Å²) in [7, 11) is 3.20. The number of hydrogen-bond donors (Lipinski definition) is 2. The van der Waals surface area contributed by atoms with E-state index in [1.54, 1.807) is 25.2 Å². The highest BCUT2D eigenvalue weighted by Crippen LogP contribution is 2.35. The van der Waals surface area contributed by atoms with Crippen molar-refractivity contribution < 1.29 is 19.1 Å². The lowest BCUT2D eigenvalue weighted by Gasteiger charge is -2.35. The Hall–Kier alpha value is -1.83. The van der Waals surface area contributed by atoms with E-state index in [9.17, 15) is 9.59 Å². The minimum atomic E-state index is -0.517. The molecule has 2 amide bonds. The summed E-state index contributed by atoms with van der Waals surface area (Å²) in [6.07, 6.45) is 2.90. The van der Waals surface area contributed by atoms with E-state index in [1.165, 1.54) is 0 Å². The first-order valence-electron chi connectivity index (χ1n) is 9.09. The SMILES string of the molecule is COCC1(C(=O)Nc2ccc(N3CCCC3=O)c(OC)c2)CCNCC1.Cl. The minimum absolute atomic E-state index is 0. The molecule has 0 aromatic heterocycles. The predicted octanol–water partition coefficient (Wildman–Crippen LogP) is 2.20. The van der Waals surface area contributed by atoms with E-state index in [2.05, 4.69) is 10.6 Å². The highest BCUT2D eigenvalue weighted by atomic mass is 35.5. The Bertz CT molecular complexity index is 671. The van der Waals surface area contributed by atoms with Crippen LogP contribution in [0.1, 0.15) is 25.7 Å². The van der Waals surface area contributed by atoms with Gasteiger partial charge in [-0.2, -0.15) is 0 Å². The molecule has 2 N–H and O–H groups in total. The van der Waals surface area contributed by atoms with E-state index in [0.29, 0.717) is 31.0 Å². The number of benzene rings is 1. The van der Waals surface area contributed by atoms with Crippen LogP contribution in [0.3, 0.4) is 0 Å². The average molecular weight is 398 g/mol. The van der Waals surface area contributed by atoms with Gasteiger partial charge in [0, 0.05) is 31.8 Å². The summed E-state index contributed by atoms with van der Waals surface area (Å²) in [5.74, 6) is 0.658. The molecule has 2 heterocycles. The monoisotopic (exact) mass is 397 g/mol. The zero-order chi connectivity index (χ0) is 18.6. The van der Waals surface area contributed by atoms with Crippen LogP contribution in [0.25, 0.3) is 0 Å². The number of amides is 2. The van der Waals surface area contributed by atoms with E-state index in [0.717, 1.165) is 38.0 Å². The van der Waals surface area contributed by atoms with Gasteiger partial charge in [-0.1, -0.05) is 0 Å². The fraction of sp³-hybridized carbons (Fsp3) is 0.579. The summed E-state index contributed by atoms with van der Waals surface area (Å²) in [6.45, 7) is 2.70. The number of carbonyl (C=O) groups is 2. The molecule has 0 bridgehead atoms. The maximum absolute atomic E-state index is 12.9. The Morgan fingerprint density at radius 3 is 2.63 bits per heavy atom. The van der Waals surface area contributed by atoms with Gasteiger partial charge >= 0.3 is 0 Å². The molecule has 8 heteroatoms. The molecule has 0 unspecified atom stereocenters. The Morgan fingerprint density at radius 2 is 2.04 bits per heavy atom. The zero-order valence-electron chi connectivity index (χ0n) is 15.9. The van der Waals surface area contributed by atoms with Gasteiger partial charge < -0.3 is 25.0 Å². The van der Waals surface area contributed by atoms with Gasteiger partial charge in [-0.3, -0.25) is 9.59 Å². The van der Waals surface area contributed by atoms with E-state index in [1.807, 2.05) is 12.1 Å². The molecule has 2 aliphatic heterocycles. The number of nitrogens with one attached hydrogen (secondary N) is 2. The van der Waals surface area contributed by atoms with Crippen LogP contribution in [0.4, 0.5) is 11.4 Å². The van der Waals surface area contributed by atoms with Gasteiger partial charge in [0.15, 0.2) is 0 Å². The molecular weight excluding hydrogens is 370 g/mol. The molecule has 7 nitrogen and oxygen atoms in total. The number of hydrogen-bond acceptors (Lipinski definition) is 5. The lowest BCUT2D eigenvalue weighted by molar-refractivity contribution is -0.130. The summed E-state index contributed by atoms with van der Waals surface area (Å²) in [5, 5.41) is 6.30. The minimum Gasteiger partial charge on any atom is -0.494 e. The fourth-order valence-electron chi connectivity index (χ4n) is 3.76. The number of halogens is 1. The molecule has 0 radical (unpaired) electrons. The molecule has 150 valence electrons. The Morgan fingerprint density at radius 1 is 1.30 bits per heavy atom. The van der Waals surface area contributed by atoms with Crippen molar-refractivity contribution in [3.8, 4) is 5.75 Å². The van der Waals surface area contributed by atoms with Crippen molar-refractivity contribution >= 4 is 35.6 Å². The van der Waals surface area contributed by atoms with Crippen LogP contribution in [0.5, 0.6) is 5.75 Å². The third-order valence-corrected chi connectivity index (χ3v) is 5.26. The molecule has 2 aliphatic rings. The van der Waals surface area contributed by atoms with Crippen molar-refractivity contribution in [1.29, 1.82) is 0 Å². The van der Waals surface area contributed by atoms with Crippen LogP contribution >= 0.6 is 12.4 Å². The van der Waals surface area contributed by atoms with Crippen LogP contribution in [0.15, 0.2) is 18.2 Å². The molecule has 2 saturated heterocycles. The number of piperidine rings is 1. The molecule has 3 rings (SSSR count). The normalized spacial score (nSPS) is 18.7. The summed E-state index contributed by atoms with van der Waals surface area (Å²) < 4.78 is 10.8. The predicted molar refractivity (Wildman–Crippen MR) is 107 cm³/mol. The summed E-state index contributed by atoms with van der Waals surface area (Å²) in [4.78, 5) is 26.7. The number of carbonyl (C=O) groups excluding carboxylic acids is 2. The standard InChI is InChI=1S/C19H27N3O4.ClH/c1-25-13-19(7-9-20-10-8-19)18(24)21-14-5-6-15(16(12-14)26-2)22-11-3-4-17(22)23;/h5-6,12,20H,3-4,7-11,13H2,1-2H3,(H,21,24);1H.